The quantitative estimate of drug-likeness (QED) is 0.753. The van der Waals surface area contributed by atoms with Crippen LogP contribution in [-0.4, -0.2) is 49.8 Å². The molecule has 1 heterocycles. The molecule has 4 nitrogen and oxygen atoms in total. The molecule has 2 rings (SSSR count). The summed E-state index contributed by atoms with van der Waals surface area (Å²) in [5.41, 5.74) is 1.27. The first-order chi connectivity index (χ1) is 9.22. The van der Waals surface area contributed by atoms with Gasteiger partial charge in [-0.25, -0.2) is 0 Å². The topological polar surface area (TPSA) is 24.9 Å². The van der Waals surface area contributed by atoms with E-state index in [1.165, 1.54) is 5.56 Å². The predicted octanol–water partition coefficient (Wildman–Crippen LogP) is 2.19. The Labute approximate surface area is 115 Å². The van der Waals surface area contributed by atoms with Gasteiger partial charge in [-0.3, -0.25) is 0 Å². The van der Waals surface area contributed by atoms with E-state index in [9.17, 15) is 0 Å². The summed E-state index contributed by atoms with van der Waals surface area (Å²) in [5.74, 6) is 1.73. The number of fused-ring (bicyclic) bond motifs is 1. The van der Waals surface area contributed by atoms with Gasteiger partial charge in [0.25, 0.3) is 0 Å². The van der Waals surface area contributed by atoms with Gasteiger partial charge in [-0.15, -0.1) is 0 Å². The second-order valence-electron chi connectivity index (χ2n) is 4.95. The van der Waals surface area contributed by atoms with Gasteiger partial charge in [-0.2, -0.15) is 0 Å². The van der Waals surface area contributed by atoms with Crippen LogP contribution >= 0.6 is 0 Å². The second kappa shape index (κ2) is 6.78. The van der Waals surface area contributed by atoms with Crippen molar-refractivity contribution in [2.75, 3.05) is 40.0 Å². The monoisotopic (exact) mass is 264 g/mol. The van der Waals surface area contributed by atoms with Crippen LogP contribution in [0.2, 0.25) is 0 Å². The molecule has 1 aliphatic rings. The molecule has 106 valence electrons. The van der Waals surface area contributed by atoms with Crippen LogP contribution in [-0.2, 0) is 6.54 Å². The molecule has 1 aromatic carbocycles. The minimum atomic E-state index is 0.344. The number of ether oxygens (including phenoxy) is 2. The van der Waals surface area contributed by atoms with E-state index in [0.29, 0.717) is 6.79 Å². The lowest BCUT2D eigenvalue weighted by Gasteiger charge is -2.23. The van der Waals surface area contributed by atoms with E-state index in [2.05, 4.69) is 42.8 Å². The molecule has 0 atom stereocenters. The highest BCUT2D eigenvalue weighted by atomic mass is 16.7. The molecule has 19 heavy (non-hydrogen) atoms. The largest absolute Gasteiger partial charge is 0.454 e. The Morgan fingerprint density at radius 2 is 1.79 bits per heavy atom. The Hall–Kier alpha value is -1.26. The van der Waals surface area contributed by atoms with Crippen molar-refractivity contribution in [3.63, 3.8) is 0 Å². The van der Waals surface area contributed by atoms with Crippen LogP contribution < -0.4 is 9.47 Å². The Bertz CT molecular complexity index is 405. The summed E-state index contributed by atoms with van der Waals surface area (Å²) in [5, 5.41) is 0. The molecule has 0 amide bonds. The third kappa shape index (κ3) is 3.85. The normalized spacial score (nSPS) is 13.5. The highest BCUT2D eigenvalue weighted by molar-refractivity contribution is 5.44. The molecule has 0 N–H and O–H groups in total. The first kappa shape index (κ1) is 14.2. The lowest BCUT2D eigenvalue weighted by atomic mass is 10.2. The van der Waals surface area contributed by atoms with E-state index >= 15 is 0 Å². The molecular weight excluding hydrogens is 240 g/mol. The molecule has 1 aliphatic heterocycles. The van der Waals surface area contributed by atoms with E-state index in [1.54, 1.807) is 0 Å². The molecular formula is C15H24N2O2. The van der Waals surface area contributed by atoms with Gasteiger partial charge in [0.15, 0.2) is 11.5 Å². The highest BCUT2D eigenvalue weighted by Gasteiger charge is 2.13. The average Bonchev–Trinajstić information content (AvgIpc) is 2.87. The SMILES string of the molecule is CCN(CC)CCN(C)Cc1ccc2c(c1)OCO2. The van der Waals surface area contributed by atoms with E-state index in [4.69, 9.17) is 9.47 Å². The van der Waals surface area contributed by atoms with Crippen molar-refractivity contribution >= 4 is 0 Å². The molecule has 0 aromatic heterocycles. The summed E-state index contributed by atoms with van der Waals surface area (Å²) in [4.78, 5) is 4.78. The van der Waals surface area contributed by atoms with Crippen molar-refractivity contribution in [1.82, 2.24) is 9.80 Å². The summed E-state index contributed by atoms with van der Waals surface area (Å²) < 4.78 is 10.7. The summed E-state index contributed by atoms with van der Waals surface area (Å²) in [6.45, 7) is 10.1. The third-order valence-corrected chi connectivity index (χ3v) is 3.58. The number of hydrogen-bond donors (Lipinski definition) is 0. The van der Waals surface area contributed by atoms with Crippen molar-refractivity contribution in [3.05, 3.63) is 23.8 Å². The van der Waals surface area contributed by atoms with Crippen molar-refractivity contribution in [1.29, 1.82) is 0 Å². The van der Waals surface area contributed by atoms with Gasteiger partial charge < -0.3 is 19.3 Å². The zero-order valence-electron chi connectivity index (χ0n) is 12.2. The van der Waals surface area contributed by atoms with E-state index in [0.717, 1.165) is 44.2 Å². The number of nitrogens with zero attached hydrogens (tertiary/aromatic N) is 2. The number of hydrogen-bond acceptors (Lipinski definition) is 4. The summed E-state index contributed by atoms with van der Waals surface area (Å²) in [7, 11) is 2.16. The Morgan fingerprint density at radius 3 is 2.53 bits per heavy atom. The summed E-state index contributed by atoms with van der Waals surface area (Å²) in [6, 6.07) is 6.19. The molecule has 0 bridgehead atoms. The maximum absolute atomic E-state index is 5.40. The summed E-state index contributed by atoms with van der Waals surface area (Å²) >= 11 is 0. The third-order valence-electron chi connectivity index (χ3n) is 3.58. The lowest BCUT2D eigenvalue weighted by molar-refractivity contribution is 0.174. The fourth-order valence-corrected chi connectivity index (χ4v) is 2.28. The average molecular weight is 264 g/mol. The maximum Gasteiger partial charge on any atom is 0.231 e. The zero-order valence-corrected chi connectivity index (χ0v) is 12.2. The smallest absolute Gasteiger partial charge is 0.231 e. The second-order valence-corrected chi connectivity index (χ2v) is 4.95. The van der Waals surface area contributed by atoms with E-state index < -0.39 is 0 Å². The van der Waals surface area contributed by atoms with Gasteiger partial charge >= 0.3 is 0 Å². The van der Waals surface area contributed by atoms with Crippen LogP contribution in [0, 0.1) is 0 Å². The lowest BCUT2D eigenvalue weighted by Crippen LogP contribution is -2.32. The van der Waals surface area contributed by atoms with Gasteiger partial charge in [-0.05, 0) is 37.8 Å². The molecule has 0 unspecified atom stereocenters. The molecule has 1 aromatic rings. The van der Waals surface area contributed by atoms with Crippen LogP contribution in [0.4, 0.5) is 0 Å². The Morgan fingerprint density at radius 1 is 1.05 bits per heavy atom. The van der Waals surface area contributed by atoms with Crippen LogP contribution in [0.5, 0.6) is 11.5 Å². The molecule has 0 radical (unpaired) electrons. The maximum atomic E-state index is 5.40. The predicted molar refractivity (Wildman–Crippen MR) is 76.7 cm³/mol. The molecule has 0 spiro atoms. The highest BCUT2D eigenvalue weighted by Crippen LogP contribution is 2.32. The Balaban J connectivity index is 1.83. The number of rotatable bonds is 7. The van der Waals surface area contributed by atoms with Crippen LogP contribution in [0.1, 0.15) is 19.4 Å². The number of benzene rings is 1. The molecule has 0 saturated carbocycles. The molecule has 4 heteroatoms. The van der Waals surface area contributed by atoms with Crippen LogP contribution in [0.15, 0.2) is 18.2 Å². The first-order valence-corrected chi connectivity index (χ1v) is 7.02. The fourth-order valence-electron chi connectivity index (χ4n) is 2.28. The Kier molecular flexibility index (Phi) is 5.05. The van der Waals surface area contributed by atoms with Crippen molar-refractivity contribution in [2.45, 2.75) is 20.4 Å². The van der Waals surface area contributed by atoms with Crippen molar-refractivity contribution in [3.8, 4) is 11.5 Å². The molecule has 0 fully saturated rings. The van der Waals surface area contributed by atoms with Gasteiger partial charge in [0.1, 0.15) is 0 Å². The van der Waals surface area contributed by atoms with Crippen molar-refractivity contribution in [2.24, 2.45) is 0 Å². The van der Waals surface area contributed by atoms with Crippen LogP contribution in [0.25, 0.3) is 0 Å². The van der Waals surface area contributed by atoms with Gasteiger partial charge in [0.05, 0.1) is 0 Å². The molecule has 0 saturated heterocycles. The standard InChI is InChI=1S/C15H24N2O2/c1-4-17(5-2)9-8-16(3)11-13-6-7-14-15(10-13)19-12-18-14/h6-7,10H,4-5,8-9,11-12H2,1-3H3. The summed E-state index contributed by atoms with van der Waals surface area (Å²) in [6.07, 6.45) is 0. The van der Waals surface area contributed by atoms with Crippen LogP contribution in [0.3, 0.4) is 0 Å². The number of likely N-dealkylation sites (N-methyl/N-ethyl adjacent to an activating group) is 2. The van der Waals surface area contributed by atoms with E-state index in [1.807, 2.05) is 6.07 Å². The van der Waals surface area contributed by atoms with Gasteiger partial charge in [0.2, 0.25) is 6.79 Å². The van der Waals surface area contributed by atoms with E-state index in [-0.39, 0.29) is 0 Å². The first-order valence-electron chi connectivity index (χ1n) is 7.02. The van der Waals surface area contributed by atoms with Crippen molar-refractivity contribution < 1.29 is 9.47 Å². The molecule has 0 aliphatic carbocycles. The van der Waals surface area contributed by atoms with Gasteiger partial charge in [0, 0.05) is 19.6 Å². The fraction of sp³-hybridized carbons (Fsp3) is 0.600. The zero-order chi connectivity index (χ0) is 13.7. The van der Waals surface area contributed by atoms with Gasteiger partial charge in [-0.1, -0.05) is 19.9 Å². The minimum absolute atomic E-state index is 0.344. The minimum Gasteiger partial charge on any atom is -0.454 e.